The lowest BCUT2D eigenvalue weighted by atomic mass is 9.56. The van der Waals surface area contributed by atoms with E-state index in [9.17, 15) is 0 Å². The first-order valence-electron chi connectivity index (χ1n) is 35.5. The van der Waals surface area contributed by atoms with Gasteiger partial charge in [0.15, 0.2) is 25.1 Å². The van der Waals surface area contributed by atoms with E-state index < -0.39 is 16.5 Å². The number of pyridine rings is 3. The Bertz CT molecular complexity index is 5690. The summed E-state index contributed by atoms with van der Waals surface area (Å²) in [6.45, 7) is 22.1. The Labute approximate surface area is 576 Å². The molecule has 3 nitrogen and oxygen atoms in total. The third-order valence-electron chi connectivity index (χ3n) is 23.9. The summed E-state index contributed by atoms with van der Waals surface area (Å²) in [4.78, 5) is 0. The number of nitrogens with zero attached hydrogens (tertiary/aromatic N) is 3. The van der Waals surface area contributed by atoms with E-state index >= 15 is 0 Å². The molecule has 9 aromatic carbocycles. The predicted octanol–water partition coefficient (Wildman–Crippen LogP) is 21.4. The number of rotatable bonds is 3. The van der Waals surface area contributed by atoms with Crippen LogP contribution in [0.25, 0.3) is 123 Å². The number of benzene rings is 9. The molecule has 14 bridgehead atoms. The molecule has 470 valence electrons. The first kappa shape index (κ1) is 57.6. The smallest absolute Gasteiger partial charge is 0.197 e. The zero-order chi connectivity index (χ0) is 66.1. The molecule has 0 saturated carbocycles. The zero-order valence-corrected chi connectivity index (χ0v) is 57.4. The molecule has 98 heavy (non-hydrogen) atoms. The second kappa shape index (κ2) is 19.8. The van der Waals surface area contributed by atoms with Crippen LogP contribution < -0.4 is 13.7 Å². The number of hydrogen-bond donors (Lipinski definition) is 0. The molecular formula is C95H78N3+3. The molecule has 6 aliphatic carbocycles. The summed E-state index contributed by atoms with van der Waals surface area (Å²) < 4.78 is 8.27. The second-order valence-corrected chi connectivity index (χ2v) is 32.3. The third kappa shape index (κ3) is 7.74. The first-order chi connectivity index (χ1) is 47.4. The van der Waals surface area contributed by atoms with Crippen molar-refractivity contribution in [1.82, 2.24) is 0 Å². The number of fused-ring (bicyclic) bond motifs is 15. The molecule has 3 atom stereocenters. The van der Waals surface area contributed by atoms with E-state index in [1.165, 1.54) is 178 Å². The molecule has 2 spiro atoms. The van der Waals surface area contributed by atoms with E-state index in [-0.39, 0.29) is 16.2 Å². The Morgan fingerprint density at radius 3 is 1.33 bits per heavy atom. The van der Waals surface area contributed by atoms with Gasteiger partial charge in [-0.05, 0) is 176 Å². The highest BCUT2D eigenvalue weighted by Crippen LogP contribution is 2.67. The fourth-order valence-electron chi connectivity index (χ4n) is 19.1. The largest absolute Gasteiger partial charge is 0.239 e. The molecule has 3 unspecified atom stereocenters. The summed E-state index contributed by atoms with van der Waals surface area (Å²) in [5.41, 5.74) is 38.0. The molecule has 3 aromatic heterocycles. The molecular weight excluding hydrogens is 1180 g/mol. The van der Waals surface area contributed by atoms with Gasteiger partial charge in [-0.3, -0.25) is 0 Å². The van der Waals surface area contributed by atoms with Crippen molar-refractivity contribution in [3.05, 3.63) is 329 Å². The van der Waals surface area contributed by atoms with Crippen LogP contribution in [0, 0.1) is 0 Å². The van der Waals surface area contributed by atoms with Crippen molar-refractivity contribution in [1.29, 1.82) is 0 Å². The third-order valence-corrected chi connectivity index (χ3v) is 23.9. The van der Waals surface area contributed by atoms with Gasteiger partial charge >= 0.3 is 0 Å². The lowest BCUT2D eigenvalue weighted by Crippen LogP contribution is -2.68. The van der Waals surface area contributed by atoms with E-state index in [4.69, 9.17) is 0 Å². The molecule has 0 radical (unpaired) electrons. The monoisotopic (exact) mass is 1260 g/mol. The maximum Gasteiger partial charge on any atom is 0.239 e. The molecule has 0 saturated heterocycles. The average molecular weight is 1260 g/mol. The van der Waals surface area contributed by atoms with Crippen LogP contribution in [-0.4, -0.2) is 0 Å². The Hall–Kier alpha value is -10.6. The first-order valence-corrected chi connectivity index (χ1v) is 35.5. The van der Waals surface area contributed by atoms with Gasteiger partial charge in [0.05, 0.1) is 22.1 Å². The molecule has 3 heteroatoms. The van der Waals surface area contributed by atoms with Gasteiger partial charge in [-0.15, -0.1) is 0 Å². The lowest BCUT2D eigenvalue weighted by Gasteiger charge is -2.48. The minimum absolute atomic E-state index is 0.0894. The fourth-order valence-corrected chi connectivity index (χ4v) is 19.1. The van der Waals surface area contributed by atoms with Gasteiger partial charge in [0, 0.05) is 76.8 Å². The highest BCUT2D eigenvalue weighted by atomic mass is 15.1. The van der Waals surface area contributed by atoms with Gasteiger partial charge in [-0.1, -0.05) is 238 Å². The van der Waals surface area contributed by atoms with Crippen LogP contribution in [0.15, 0.2) is 279 Å². The number of allylic oxidation sites excluding steroid dienone is 8. The predicted molar refractivity (Wildman–Crippen MR) is 402 cm³/mol. The van der Waals surface area contributed by atoms with Crippen molar-refractivity contribution in [2.24, 2.45) is 0 Å². The summed E-state index contributed by atoms with van der Waals surface area (Å²) in [5.74, 6) is 0. The van der Waals surface area contributed by atoms with Crippen molar-refractivity contribution in [2.45, 2.75) is 114 Å². The SMILES string of the molecule is CC(C)(C)c1cc[n+]2c(c1)-c1cc(-c3ccccc3)c3cc1C1(/C=C(/c4ccccc4-3)C34C=C5c6ccccc6-c6cc(c(cc6-c6ccccc6)-c6cc(C(C)(C)C)cc[n+]63)C4=C3C/C=C\1c1ccccc1-c1cc4c(cc1-c1ccccc1)-c1cc(C(C)(C)C)cc[n+]1C53C4)C2. The van der Waals surface area contributed by atoms with Crippen molar-refractivity contribution in [3.63, 3.8) is 0 Å². The minimum Gasteiger partial charge on any atom is -0.197 e. The molecule has 0 fully saturated rings. The van der Waals surface area contributed by atoms with Crippen molar-refractivity contribution < 1.29 is 13.7 Å². The maximum absolute atomic E-state index is 2.89. The molecule has 3 aliphatic heterocycles. The van der Waals surface area contributed by atoms with Crippen LogP contribution >= 0.6 is 0 Å². The molecule has 6 heterocycles. The number of hydrogen-bond acceptors (Lipinski definition) is 0. The summed E-state index contributed by atoms with van der Waals surface area (Å²) >= 11 is 0. The molecule has 9 aliphatic rings. The van der Waals surface area contributed by atoms with Gasteiger partial charge < -0.3 is 0 Å². The molecule has 12 aromatic rings. The lowest BCUT2D eigenvalue weighted by molar-refractivity contribution is -0.735. The van der Waals surface area contributed by atoms with Crippen molar-refractivity contribution in [3.8, 4) is 101 Å². The van der Waals surface area contributed by atoms with E-state index in [1.807, 2.05) is 0 Å². The van der Waals surface area contributed by atoms with E-state index in [0.717, 1.165) is 6.42 Å². The Balaban J connectivity index is 1.07. The molecule has 21 rings (SSSR count). The van der Waals surface area contributed by atoms with Crippen LogP contribution in [0.3, 0.4) is 0 Å². The Morgan fingerprint density at radius 2 is 0.765 bits per heavy atom. The van der Waals surface area contributed by atoms with Gasteiger partial charge in [-0.2, -0.15) is 13.7 Å². The summed E-state index contributed by atoms with van der Waals surface area (Å²) in [5, 5.41) is 0. The summed E-state index contributed by atoms with van der Waals surface area (Å²) in [6, 6.07) is 93.5. The minimum atomic E-state index is -0.965. The zero-order valence-electron chi connectivity index (χ0n) is 57.4. The van der Waals surface area contributed by atoms with Gasteiger partial charge in [0.25, 0.3) is 0 Å². The standard InChI is InChI=1S/C95H78N3/c1-90(2,3)62-39-42-96-57-93-55-84(69-35-23-21-33-67(69)77-53-83(93)80(86(96)46-62)51-73(77)60-29-17-12-18-30-60)95-56-85-70-36-24-20-32-66(70)76-52-79(78(50-72(76)59-27-15-11-16-28-59)88-48-64(92(7,8)9)41-44-98(88)95)89(95)82-38-37-81(93)68-34-22-19-31-65(68)75-45-61-54-94(82,85)97-43-40-63(91(4,5)6)47-87(97)74(61)49-71(75)58-25-13-10-14-26-58/h10-37,39-53,55-56H,38,54,57H2,1-9H3/q+3/b81-37-,84-55-. The topological polar surface area (TPSA) is 11.6 Å². The van der Waals surface area contributed by atoms with E-state index in [2.05, 4.69) is 349 Å². The average Bonchev–Trinajstić information content (AvgIpc) is 1.20. The maximum atomic E-state index is 2.89. The van der Waals surface area contributed by atoms with Crippen LogP contribution in [0.1, 0.15) is 119 Å². The van der Waals surface area contributed by atoms with E-state index in [1.54, 1.807) is 0 Å². The quantitative estimate of drug-likeness (QED) is 0.156. The van der Waals surface area contributed by atoms with E-state index in [0.29, 0.717) is 13.0 Å². The van der Waals surface area contributed by atoms with Crippen LogP contribution in [0.2, 0.25) is 0 Å². The normalized spacial score (nSPS) is 20.7. The highest BCUT2D eigenvalue weighted by Gasteiger charge is 2.67. The second-order valence-electron chi connectivity index (χ2n) is 32.3. The fraction of sp³-hybridized carbons (Fsp3) is 0.189. The van der Waals surface area contributed by atoms with Gasteiger partial charge in [0.1, 0.15) is 0 Å². The summed E-state index contributed by atoms with van der Waals surface area (Å²) in [6.07, 6.45) is 17.5. The number of aromatic nitrogens is 3. The molecule has 0 N–H and O–H groups in total. The van der Waals surface area contributed by atoms with Gasteiger partial charge in [0.2, 0.25) is 28.2 Å². The van der Waals surface area contributed by atoms with Crippen LogP contribution in [0.4, 0.5) is 0 Å². The highest BCUT2D eigenvalue weighted by molar-refractivity contribution is 6.11. The van der Waals surface area contributed by atoms with Gasteiger partial charge in [-0.25, -0.2) is 0 Å². The van der Waals surface area contributed by atoms with Crippen molar-refractivity contribution >= 4 is 22.3 Å². The molecule has 0 amide bonds. The summed E-state index contributed by atoms with van der Waals surface area (Å²) in [7, 11) is 0. The van der Waals surface area contributed by atoms with Crippen LogP contribution in [0.5, 0.6) is 0 Å². The van der Waals surface area contributed by atoms with Crippen molar-refractivity contribution in [2.75, 3.05) is 0 Å². The Morgan fingerprint density at radius 1 is 0.327 bits per heavy atom. The Kier molecular flexibility index (Phi) is 11.6. The van der Waals surface area contributed by atoms with Crippen LogP contribution in [-0.2, 0) is 45.7 Å².